The molecule has 0 aliphatic heterocycles. The zero-order chi connectivity index (χ0) is 33.6. The summed E-state index contributed by atoms with van der Waals surface area (Å²) in [4.78, 5) is 5.09. The van der Waals surface area contributed by atoms with Crippen molar-refractivity contribution in [1.29, 1.82) is 0 Å². The third kappa shape index (κ3) is 21.5. The molecule has 0 spiro atoms. The molecule has 0 radical (unpaired) electrons. The predicted molar refractivity (Wildman–Crippen MR) is 191 cm³/mol. The van der Waals surface area contributed by atoms with Gasteiger partial charge in [0.2, 0.25) is 0 Å². The van der Waals surface area contributed by atoms with Crippen molar-refractivity contribution in [2.75, 3.05) is 13.7 Å². The predicted octanol–water partition coefficient (Wildman–Crippen LogP) is 8.33. The normalized spacial score (nSPS) is 17.8. The monoisotopic (exact) mass is 721 g/mol. The highest BCUT2D eigenvalue weighted by atomic mass is 31.2. The SMILES string of the molecule is CO/N=C/C(O[Si](C)(C)C)C(O[Si](C)(C)C)C(O[Si](C)(C)C)C(COP(=O)(O[Si](C)(C)C)O[Si](C)(C)C)O[Si](C)(C)C. The van der Waals surface area contributed by atoms with Gasteiger partial charge >= 0.3 is 7.82 Å². The van der Waals surface area contributed by atoms with E-state index >= 15 is 0 Å². The first-order valence-corrected chi connectivity index (χ1v) is 36.7. The quantitative estimate of drug-likeness (QED) is 0.0531. The number of rotatable bonds is 20. The maximum atomic E-state index is 14.1. The zero-order valence-corrected chi connectivity index (χ0v) is 37.1. The van der Waals surface area contributed by atoms with Crippen LogP contribution in [0.3, 0.4) is 0 Å². The van der Waals surface area contributed by atoms with Gasteiger partial charge in [0.05, 0.1) is 25.0 Å². The van der Waals surface area contributed by atoms with Crippen LogP contribution in [0.1, 0.15) is 0 Å². The van der Waals surface area contributed by atoms with Gasteiger partial charge in [0.25, 0.3) is 0 Å². The van der Waals surface area contributed by atoms with Gasteiger partial charge in [-0.2, -0.15) is 0 Å². The molecule has 0 aromatic carbocycles. The van der Waals surface area contributed by atoms with Gasteiger partial charge in [-0.3, -0.25) is 4.52 Å². The maximum absolute atomic E-state index is 14.1. The average Bonchev–Trinajstić information content (AvgIpc) is 2.65. The summed E-state index contributed by atoms with van der Waals surface area (Å²) in [6, 6.07) is 0. The molecule has 0 aliphatic rings. The molecular formula is C25H64NO9PSi6. The van der Waals surface area contributed by atoms with E-state index in [1.165, 1.54) is 7.11 Å². The Kier molecular flexibility index (Phi) is 16.3. The summed E-state index contributed by atoms with van der Waals surface area (Å²) in [5, 5.41) is 4.11. The molecule has 10 nitrogen and oxygen atoms in total. The molecule has 0 rings (SSSR count). The minimum atomic E-state index is -3.91. The van der Waals surface area contributed by atoms with Crippen molar-refractivity contribution in [3.8, 4) is 0 Å². The molecule has 0 heterocycles. The summed E-state index contributed by atoms with van der Waals surface area (Å²) in [5.74, 6) is 0. The number of oxime groups is 1. The van der Waals surface area contributed by atoms with Crippen molar-refractivity contribution in [3.05, 3.63) is 0 Å². The molecule has 4 atom stereocenters. The van der Waals surface area contributed by atoms with Gasteiger partial charge in [-0.1, -0.05) is 5.16 Å². The fourth-order valence-electron chi connectivity index (χ4n) is 3.76. The van der Waals surface area contributed by atoms with Gasteiger partial charge in [0.15, 0.2) is 49.9 Å². The van der Waals surface area contributed by atoms with E-state index < -0.39 is 82.1 Å². The maximum Gasteiger partial charge on any atom is 0.455 e. The van der Waals surface area contributed by atoms with Gasteiger partial charge in [-0.15, -0.1) is 0 Å². The summed E-state index contributed by atoms with van der Waals surface area (Å²) in [7, 11) is -15.7. The molecule has 0 aromatic rings. The van der Waals surface area contributed by atoms with Crippen molar-refractivity contribution < 1.29 is 40.1 Å². The van der Waals surface area contributed by atoms with Crippen LogP contribution in [-0.4, -0.2) is 94.3 Å². The topological polar surface area (TPSA) is 103 Å². The van der Waals surface area contributed by atoms with E-state index in [0.29, 0.717) is 0 Å². The van der Waals surface area contributed by atoms with Crippen LogP contribution in [0.2, 0.25) is 118 Å². The molecule has 4 unspecified atom stereocenters. The van der Waals surface area contributed by atoms with Crippen LogP contribution in [0.4, 0.5) is 0 Å². The Balaban J connectivity index is 7.13. The van der Waals surface area contributed by atoms with E-state index in [4.69, 9.17) is 35.5 Å². The first kappa shape index (κ1) is 42.7. The summed E-state index contributed by atoms with van der Waals surface area (Å²) >= 11 is 0. The molecule has 0 amide bonds. The lowest BCUT2D eigenvalue weighted by atomic mass is 10.0. The van der Waals surface area contributed by atoms with E-state index in [1.807, 2.05) is 39.3 Å². The van der Waals surface area contributed by atoms with Crippen LogP contribution in [0, 0.1) is 0 Å². The van der Waals surface area contributed by atoms with Crippen molar-refractivity contribution in [2.24, 2.45) is 5.16 Å². The first-order valence-electron chi connectivity index (χ1n) is 14.8. The minimum absolute atomic E-state index is 0.0572. The third-order valence-electron chi connectivity index (χ3n) is 4.47. The molecule has 0 aromatic heterocycles. The van der Waals surface area contributed by atoms with Crippen molar-refractivity contribution in [3.63, 3.8) is 0 Å². The van der Waals surface area contributed by atoms with Gasteiger partial charge in [0, 0.05) is 0 Å². The largest absolute Gasteiger partial charge is 0.455 e. The fraction of sp³-hybridized carbons (Fsp3) is 0.960. The van der Waals surface area contributed by atoms with Gasteiger partial charge < -0.3 is 31.0 Å². The van der Waals surface area contributed by atoms with E-state index in [9.17, 15) is 4.57 Å². The molecule has 0 bridgehead atoms. The Bertz CT molecular complexity index is 868. The van der Waals surface area contributed by atoms with Crippen molar-refractivity contribution >= 4 is 63.9 Å². The van der Waals surface area contributed by atoms with Gasteiger partial charge in [-0.05, 0) is 118 Å². The molecule has 252 valence electrons. The average molecular weight is 722 g/mol. The van der Waals surface area contributed by atoms with Crippen LogP contribution < -0.4 is 0 Å². The van der Waals surface area contributed by atoms with E-state index in [0.717, 1.165) is 0 Å². The number of hydrogen-bond acceptors (Lipinski definition) is 10. The minimum Gasteiger partial charge on any atom is -0.410 e. The van der Waals surface area contributed by atoms with Gasteiger partial charge in [-0.25, -0.2) is 4.57 Å². The highest BCUT2D eigenvalue weighted by molar-refractivity contribution is 7.52. The lowest BCUT2D eigenvalue weighted by Crippen LogP contribution is -2.59. The zero-order valence-electron chi connectivity index (χ0n) is 30.2. The summed E-state index contributed by atoms with van der Waals surface area (Å²) in [6.45, 7) is 37.2. The van der Waals surface area contributed by atoms with Crippen LogP contribution in [0.5, 0.6) is 0 Å². The Morgan fingerprint density at radius 1 is 0.571 bits per heavy atom. The number of hydrogen-bond donors (Lipinski definition) is 0. The van der Waals surface area contributed by atoms with E-state index in [1.54, 1.807) is 6.21 Å². The Morgan fingerprint density at radius 2 is 0.952 bits per heavy atom. The lowest BCUT2D eigenvalue weighted by molar-refractivity contribution is -0.0742. The highest BCUT2D eigenvalue weighted by Gasteiger charge is 2.46. The lowest BCUT2D eigenvalue weighted by Gasteiger charge is -2.44. The molecule has 0 saturated carbocycles. The van der Waals surface area contributed by atoms with E-state index in [2.05, 4.69) is 83.7 Å². The van der Waals surface area contributed by atoms with Crippen LogP contribution in [-0.2, 0) is 40.1 Å². The number of nitrogens with zero attached hydrogens (tertiary/aromatic N) is 1. The summed E-state index contributed by atoms with van der Waals surface area (Å²) < 4.78 is 59.8. The second kappa shape index (κ2) is 16.0. The molecule has 42 heavy (non-hydrogen) atoms. The van der Waals surface area contributed by atoms with Crippen LogP contribution >= 0.6 is 7.82 Å². The second-order valence-corrected chi connectivity index (χ2v) is 45.3. The number of phosphoric acid groups is 1. The van der Waals surface area contributed by atoms with E-state index in [-0.39, 0.29) is 6.61 Å². The van der Waals surface area contributed by atoms with Crippen LogP contribution in [0.15, 0.2) is 5.16 Å². The molecule has 0 fully saturated rings. The van der Waals surface area contributed by atoms with Crippen molar-refractivity contribution in [1.82, 2.24) is 0 Å². The molecule has 0 saturated heterocycles. The Hall–Kier alpha value is 0.721. The molecular weight excluding hydrogens is 658 g/mol. The van der Waals surface area contributed by atoms with Crippen LogP contribution in [0.25, 0.3) is 0 Å². The van der Waals surface area contributed by atoms with Crippen molar-refractivity contribution in [2.45, 2.75) is 142 Å². The fourth-order valence-corrected chi connectivity index (χ4v) is 14.7. The summed E-state index contributed by atoms with van der Waals surface area (Å²) in [6.07, 6.45) is -0.761. The van der Waals surface area contributed by atoms with Gasteiger partial charge in [0.1, 0.15) is 19.3 Å². The standard InChI is InChI=1S/C25H64NO9PSi6/c1-28-26-20-22(30-37(2,3)4)24(32-39(8,9)10)25(33-40(11,12)13)23(31-38(5,6)7)21-29-36(27,34-41(14,15)16)35-42(17,18)19/h20,22-25H,21H2,1-19H3/b26-20+. The molecule has 17 heteroatoms. The Morgan fingerprint density at radius 3 is 1.29 bits per heavy atom. The molecule has 0 aliphatic carbocycles. The Labute approximate surface area is 264 Å². The third-order valence-corrected chi connectivity index (χ3v) is 15.1. The molecule has 0 N–H and O–H groups in total. The highest BCUT2D eigenvalue weighted by Crippen LogP contribution is 2.54. The summed E-state index contributed by atoms with van der Waals surface area (Å²) in [5.41, 5.74) is 0. The first-order chi connectivity index (χ1) is 18.3. The smallest absolute Gasteiger partial charge is 0.410 e. The second-order valence-electron chi connectivity index (χ2n) is 16.4.